The van der Waals surface area contributed by atoms with Crippen LogP contribution >= 0.6 is 0 Å². The first-order valence-electron chi connectivity index (χ1n) is 3.04. The molecule has 0 spiro atoms. The molecule has 1 atom stereocenters. The normalized spacial score (nSPS) is 13.6. The number of aliphatic hydroxyl groups is 1. The monoisotopic (exact) mass is 126 g/mol. The van der Waals surface area contributed by atoms with E-state index in [0.717, 1.165) is 12.0 Å². The molecule has 0 saturated carbocycles. The smallest absolute Gasteiger partial charge is 0.0960 e. The fraction of sp³-hybridized carbons (Fsp3) is 0.429. The maximum absolute atomic E-state index is 9.16. The number of rotatable bonds is 2. The van der Waals surface area contributed by atoms with Gasteiger partial charge in [-0.15, -0.1) is 0 Å². The van der Waals surface area contributed by atoms with Gasteiger partial charge in [0.25, 0.3) is 0 Å². The van der Waals surface area contributed by atoms with Gasteiger partial charge in [0.15, 0.2) is 0 Å². The Hall–Kier alpha value is -0.760. The molecule has 0 saturated heterocycles. The minimum Gasteiger partial charge on any atom is -0.472 e. The molecular weight excluding hydrogens is 116 g/mol. The van der Waals surface area contributed by atoms with Gasteiger partial charge in [-0.1, -0.05) is 6.92 Å². The fourth-order valence-corrected chi connectivity index (χ4v) is 0.700. The summed E-state index contributed by atoms with van der Waals surface area (Å²) in [6, 6.07) is 1.77. The SMILES string of the molecule is CCC(O)c1ccoc1. The number of furan rings is 1. The van der Waals surface area contributed by atoms with E-state index in [1.807, 2.05) is 6.92 Å². The van der Waals surface area contributed by atoms with Gasteiger partial charge in [-0.2, -0.15) is 0 Å². The van der Waals surface area contributed by atoms with Crippen LogP contribution in [0, 0.1) is 0 Å². The Balaban J connectivity index is 2.65. The summed E-state index contributed by atoms with van der Waals surface area (Å²) in [5, 5.41) is 9.16. The highest BCUT2D eigenvalue weighted by atomic mass is 16.3. The summed E-state index contributed by atoms with van der Waals surface area (Å²) < 4.78 is 4.78. The Morgan fingerprint density at radius 1 is 1.78 bits per heavy atom. The summed E-state index contributed by atoms with van der Waals surface area (Å²) in [6.07, 6.45) is 3.51. The molecule has 50 valence electrons. The molecule has 1 N–H and O–H groups in total. The molecule has 1 rings (SSSR count). The Morgan fingerprint density at radius 3 is 3.00 bits per heavy atom. The molecule has 1 aromatic heterocycles. The third-order valence-corrected chi connectivity index (χ3v) is 1.31. The van der Waals surface area contributed by atoms with Crippen LogP contribution in [-0.4, -0.2) is 5.11 Å². The predicted octanol–water partition coefficient (Wildman–Crippen LogP) is 1.72. The van der Waals surface area contributed by atoms with E-state index in [4.69, 9.17) is 9.52 Å². The van der Waals surface area contributed by atoms with Crippen molar-refractivity contribution >= 4 is 0 Å². The second-order valence-corrected chi connectivity index (χ2v) is 1.98. The lowest BCUT2D eigenvalue weighted by Crippen LogP contribution is -1.90. The zero-order valence-corrected chi connectivity index (χ0v) is 5.37. The van der Waals surface area contributed by atoms with E-state index in [-0.39, 0.29) is 6.10 Å². The lowest BCUT2D eigenvalue weighted by molar-refractivity contribution is 0.173. The summed E-state index contributed by atoms with van der Waals surface area (Å²) >= 11 is 0. The Morgan fingerprint density at radius 2 is 2.56 bits per heavy atom. The summed E-state index contributed by atoms with van der Waals surface area (Å²) in [5.41, 5.74) is 0.859. The Labute approximate surface area is 54.1 Å². The molecule has 1 heterocycles. The van der Waals surface area contributed by atoms with Gasteiger partial charge in [0, 0.05) is 5.56 Å². The Bertz CT molecular complexity index is 155. The van der Waals surface area contributed by atoms with Gasteiger partial charge in [0.1, 0.15) is 0 Å². The molecule has 1 unspecified atom stereocenters. The van der Waals surface area contributed by atoms with E-state index in [2.05, 4.69) is 0 Å². The minimum atomic E-state index is -0.358. The van der Waals surface area contributed by atoms with Crippen LogP contribution in [0.3, 0.4) is 0 Å². The quantitative estimate of drug-likeness (QED) is 0.654. The molecular formula is C7H10O2. The second kappa shape index (κ2) is 2.69. The van der Waals surface area contributed by atoms with E-state index in [0.29, 0.717) is 0 Å². The van der Waals surface area contributed by atoms with Crippen LogP contribution in [0.1, 0.15) is 25.0 Å². The number of hydrogen-bond acceptors (Lipinski definition) is 2. The molecule has 2 nitrogen and oxygen atoms in total. The van der Waals surface area contributed by atoms with Gasteiger partial charge in [0.2, 0.25) is 0 Å². The first-order chi connectivity index (χ1) is 4.34. The van der Waals surface area contributed by atoms with E-state index < -0.39 is 0 Å². The molecule has 0 aliphatic heterocycles. The minimum absolute atomic E-state index is 0.358. The predicted molar refractivity (Wildman–Crippen MR) is 34.0 cm³/mol. The van der Waals surface area contributed by atoms with Gasteiger partial charge in [-0.05, 0) is 12.5 Å². The summed E-state index contributed by atoms with van der Waals surface area (Å²) in [4.78, 5) is 0. The van der Waals surface area contributed by atoms with Crippen molar-refractivity contribution in [1.29, 1.82) is 0 Å². The molecule has 0 bridgehead atoms. The maximum Gasteiger partial charge on any atom is 0.0960 e. The first-order valence-corrected chi connectivity index (χ1v) is 3.04. The first kappa shape index (κ1) is 6.36. The van der Waals surface area contributed by atoms with Gasteiger partial charge >= 0.3 is 0 Å². The summed E-state index contributed by atoms with van der Waals surface area (Å²) in [5.74, 6) is 0. The highest BCUT2D eigenvalue weighted by Crippen LogP contribution is 2.15. The van der Waals surface area contributed by atoms with Crippen LogP contribution in [-0.2, 0) is 0 Å². The van der Waals surface area contributed by atoms with Crippen molar-refractivity contribution < 1.29 is 9.52 Å². The van der Waals surface area contributed by atoms with Crippen LogP contribution in [0.5, 0.6) is 0 Å². The van der Waals surface area contributed by atoms with Crippen molar-refractivity contribution in [2.75, 3.05) is 0 Å². The molecule has 1 aromatic rings. The van der Waals surface area contributed by atoms with E-state index >= 15 is 0 Å². The van der Waals surface area contributed by atoms with Crippen molar-refractivity contribution in [3.63, 3.8) is 0 Å². The van der Waals surface area contributed by atoms with Crippen LogP contribution in [0.15, 0.2) is 23.0 Å². The highest BCUT2D eigenvalue weighted by Gasteiger charge is 2.03. The fourth-order valence-electron chi connectivity index (χ4n) is 0.700. The zero-order valence-electron chi connectivity index (χ0n) is 5.37. The lowest BCUT2D eigenvalue weighted by atomic mass is 10.1. The molecule has 9 heavy (non-hydrogen) atoms. The number of hydrogen-bond donors (Lipinski definition) is 1. The van der Waals surface area contributed by atoms with Gasteiger partial charge in [-0.25, -0.2) is 0 Å². The van der Waals surface area contributed by atoms with Crippen LogP contribution in [0.4, 0.5) is 0 Å². The van der Waals surface area contributed by atoms with Crippen molar-refractivity contribution in [3.05, 3.63) is 24.2 Å². The molecule has 0 aliphatic carbocycles. The van der Waals surface area contributed by atoms with Gasteiger partial charge in [0.05, 0.1) is 18.6 Å². The average molecular weight is 126 g/mol. The van der Waals surface area contributed by atoms with Crippen molar-refractivity contribution in [2.24, 2.45) is 0 Å². The molecule has 2 heteroatoms. The van der Waals surface area contributed by atoms with Crippen molar-refractivity contribution in [2.45, 2.75) is 19.4 Å². The lowest BCUT2D eigenvalue weighted by Gasteiger charge is -2.00. The second-order valence-electron chi connectivity index (χ2n) is 1.98. The summed E-state index contributed by atoms with van der Waals surface area (Å²) in [7, 11) is 0. The number of aliphatic hydroxyl groups excluding tert-OH is 1. The average Bonchev–Trinajstić information content (AvgIpc) is 2.37. The van der Waals surface area contributed by atoms with E-state index in [9.17, 15) is 0 Å². The topological polar surface area (TPSA) is 33.4 Å². The zero-order chi connectivity index (χ0) is 6.69. The van der Waals surface area contributed by atoms with Crippen molar-refractivity contribution in [3.8, 4) is 0 Å². The van der Waals surface area contributed by atoms with Gasteiger partial charge in [-0.3, -0.25) is 0 Å². The van der Waals surface area contributed by atoms with Crippen LogP contribution in [0.25, 0.3) is 0 Å². The molecule has 0 amide bonds. The molecule has 0 radical (unpaired) electrons. The third-order valence-electron chi connectivity index (χ3n) is 1.31. The van der Waals surface area contributed by atoms with Crippen molar-refractivity contribution in [1.82, 2.24) is 0 Å². The third kappa shape index (κ3) is 1.33. The maximum atomic E-state index is 9.16. The largest absolute Gasteiger partial charge is 0.472 e. The highest BCUT2D eigenvalue weighted by molar-refractivity contribution is 5.08. The standard InChI is InChI=1S/C7H10O2/c1-2-7(8)6-3-4-9-5-6/h3-5,7-8H,2H2,1H3. The summed E-state index contributed by atoms with van der Waals surface area (Å²) in [6.45, 7) is 1.93. The van der Waals surface area contributed by atoms with Gasteiger partial charge < -0.3 is 9.52 Å². The Kier molecular flexibility index (Phi) is 1.90. The molecule has 0 fully saturated rings. The molecule has 0 aromatic carbocycles. The van der Waals surface area contributed by atoms with E-state index in [1.54, 1.807) is 18.6 Å². The molecule has 0 aliphatic rings. The van der Waals surface area contributed by atoms with Crippen LogP contribution < -0.4 is 0 Å². The van der Waals surface area contributed by atoms with E-state index in [1.165, 1.54) is 0 Å². The van der Waals surface area contributed by atoms with Crippen LogP contribution in [0.2, 0.25) is 0 Å².